The largest absolute Gasteiger partial charge is 0.300 e. The number of pyridine rings is 1. The van der Waals surface area contributed by atoms with Crippen molar-refractivity contribution in [3.8, 4) is 0 Å². The number of carbonyl (C=O) groups is 1. The van der Waals surface area contributed by atoms with Gasteiger partial charge in [-0.25, -0.2) is 4.98 Å². The SMILES string of the molecule is CC(=O)CCc1c(Cl)nc2ccccc2c1Cl. The molecule has 1 aromatic carbocycles. The molecule has 2 nitrogen and oxygen atoms in total. The van der Waals surface area contributed by atoms with E-state index in [-0.39, 0.29) is 5.78 Å². The highest BCUT2D eigenvalue weighted by atomic mass is 35.5. The molecule has 0 aliphatic carbocycles. The minimum absolute atomic E-state index is 0.116. The molecule has 0 saturated carbocycles. The molecule has 0 saturated heterocycles. The number of halogens is 2. The van der Waals surface area contributed by atoms with Gasteiger partial charge in [0.1, 0.15) is 10.9 Å². The number of carbonyl (C=O) groups excluding carboxylic acids is 1. The molecule has 1 aromatic heterocycles. The Labute approximate surface area is 110 Å². The number of fused-ring (bicyclic) bond motifs is 1. The first-order chi connectivity index (χ1) is 8.09. The number of benzene rings is 1. The zero-order valence-corrected chi connectivity index (χ0v) is 10.8. The summed E-state index contributed by atoms with van der Waals surface area (Å²) in [5.41, 5.74) is 1.52. The number of aromatic nitrogens is 1. The van der Waals surface area contributed by atoms with Crippen LogP contribution in [-0.2, 0) is 11.2 Å². The minimum Gasteiger partial charge on any atom is -0.300 e. The number of ketones is 1. The Morgan fingerprint density at radius 3 is 2.71 bits per heavy atom. The molecule has 0 fully saturated rings. The van der Waals surface area contributed by atoms with Gasteiger partial charge in [-0.1, -0.05) is 41.4 Å². The lowest BCUT2D eigenvalue weighted by Gasteiger charge is -2.08. The molecule has 0 N–H and O–H groups in total. The van der Waals surface area contributed by atoms with Gasteiger partial charge in [0.2, 0.25) is 0 Å². The van der Waals surface area contributed by atoms with Gasteiger partial charge in [0.05, 0.1) is 10.5 Å². The molecule has 2 aromatic rings. The second-order valence-electron chi connectivity index (χ2n) is 3.91. The van der Waals surface area contributed by atoms with Gasteiger partial charge in [0.25, 0.3) is 0 Å². The molecule has 0 aliphatic rings. The molecule has 88 valence electrons. The lowest BCUT2D eigenvalue weighted by molar-refractivity contribution is -0.116. The maximum atomic E-state index is 11.0. The fraction of sp³-hybridized carbons (Fsp3) is 0.231. The lowest BCUT2D eigenvalue weighted by Crippen LogP contribution is -1.98. The summed E-state index contributed by atoms with van der Waals surface area (Å²) < 4.78 is 0. The highest BCUT2D eigenvalue weighted by Crippen LogP contribution is 2.31. The van der Waals surface area contributed by atoms with Crippen molar-refractivity contribution in [3.63, 3.8) is 0 Å². The molecule has 0 amide bonds. The zero-order chi connectivity index (χ0) is 12.4. The van der Waals surface area contributed by atoms with E-state index in [0.717, 1.165) is 16.5 Å². The Bertz CT molecular complexity index is 581. The summed E-state index contributed by atoms with van der Waals surface area (Å²) in [6.07, 6.45) is 0.963. The summed E-state index contributed by atoms with van der Waals surface area (Å²) >= 11 is 12.4. The van der Waals surface area contributed by atoms with Gasteiger partial charge in [-0.15, -0.1) is 0 Å². The summed E-state index contributed by atoms with van der Waals surface area (Å²) in [4.78, 5) is 15.3. The first kappa shape index (κ1) is 12.3. The van der Waals surface area contributed by atoms with Gasteiger partial charge in [0.15, 0.2) is 0 Å². The minimum atomic E-state index is 0.116. The molecular weight excluding hydrogens is 257 g/mol. The van der Waals surface area contributed by atoms with Crippen molar-refractivity contribution in [2.75, 3.05) is 0 Å². The van der Waals surface area contributed by atoms with Gasteiger partial charge in [-0.05, 0) is 19.4 Å². The normalized spacial score (nSPS) is 10.8. The van der Waals surface area contributed by atoms with E-state index in [1.807, 2.05) is 24.3 Å². The second kappa shape index (κ2) is 5.03. The van der Waals surface area contributed by atoms with Crippen molar-refractivity contribution in [1.29, 1.82) is 0 Å². The van der Waals surface area contributed by atoms with Crippen molar-refractivity contribution < 1.29 is 4.79 Å². The molecule has 17 heavy (non-hydrogen) atoms. The van der Waals surface area contributed by atoms with Crippen LogP contribution in [0.1, 0.15) is 18.9 Å². The van der Waals surface area contributed by atoms with Crippen LogP contribution in [-0.4, -0.2) is 10.8 Å². The van der Waals surface area contributed by atoms with Crippen LogP contribution in [0, 0.1) is 0 Å². The average molecular weight is 268 g/mol. The molecule has 0 radical (unpaired) electrons. The van der Waals surface area contributed by atoms with E-state index in [1.165, 1.54) is 0 Å². The lowest BCUT2D eigenvalue weighted by atomic mass is 10.1. The van der Waals surface area contributed by atoms with E-state index in [2.05, 4.69) is 4.98 Å². The van der Waals surface area contributed by atoms with Crippen molar-refractivity contribution in [1.82, 2.24) is 4.98 Å². The summed E-state index contributed by atoms with van der Waals surface area (Å²) in [7, 11) is 0. The summed E-state index contributed by atoms with van der Waals surface area (Å²) in [6.45, 7) is 1.55. The first-order valence-electron chi connectivity index (χ1n) is 5.31. The van der Waals surface area contributed by atoms with Gasteiger partial charge >= 0.3 is 0 Å². The van der Waals surface area contributed by atoms with Crippen molar-refractivity contribution >= 4 is 39.9 Å². The molecule has 2 rings (SSSR count). The number of para-hydroxylation sites is 1. The van der Waals surface area contributed by atoms with E-state index in [0.29, 0.717) is 23.0 Å². The summed E-state index contributed by atoms with van der Waals surface area (Å²) in [6, 6.07) is 7.55. The molecule has 1 heterocycles. The predicted molar refractivity (Wildman–Crippen MR) is 70.8 cm³/mol. The van der Waals surface area contributed by atoms with Crippen LogP contribution in [0.5, 0.6) is 0 Å². The maximum absolute atomic E-state index is 11.0. The Kier molecular flexibility index (Phi) is 3.65. The molecule has 0 aliphatic heterocycles. The number of rotatable bonds is 3. The maximum Gasteiger partial charge on any atom is 0.134 e. The Morgan fingerprint density at radius 1 is 1.29 bits per heavy atom. The highest BCUT2D eigenvalue weighted by molar-refractivity contribution is 6.39. The number of nitrogens with zero attached hydrogens (tertiary/aromatic N) is 1. The standard InChI is InChI=1S/C13H11Cl2NO/c1-8(17)6-7-10-12(14)9-4-2-3-5-11(9)16-13(10)15/h2-5H,6-7H2,1H3. The van der Waals surface area contributed by atoms with E-state index >= 15 is 0 Å². The third-order valence-corrected chi connectivity index (χ3v) is 3.34. The van der Waals surface area contributed by atoms with Crippen molar-refractivity contribution in [2.24, 2.45) is 0 Å². The molecule has 0 bridgehead atoms. The first-order valence-corrected chi connectivity index (χ1v) is 6.07. The van der Waals surface area contributed by atoms with E-state index in [4.69, 9.17) is 23.2 Å². The van der Waals surface area contributed by atoms with E-state index < -0.39 is 0 Å². The van der Waals surface area contributed by atoms with Crippen LogP contribution in [0.2, 0.25) is 10.2 Å². The Balaban J connectivity index is 2.51. The third kappa shape index (κ3) is 2.59. The summed E-state index contributed by atoms with van der Waals surface area (Å²) in [5, 5.41) is 1.86. The number of Topliss-reactive ketones (excluding diaryl/α,β-unsaturated/α-hetero) is 1. The van der Waals surface area contributed by atoms with E-state index in [1.54, 1.807) is 6.92 Å². The van der Waals surface area contributed by atoms with Gasteiger partial charge < -0.3 is 4.79 Å². The molecule has 0 unspecified atom stereocenters. The van der Waals surface area contributed by atoms with Crippen molar-refractivity contribution in [3.05, 3.63) is 40.0 Å². The smallest absolute Gasteiger partial charge is 0.134 e. The molecule has 0 atom stereocenters. The molecule has 0 spiro atoms. The van der Waals surface area contributed by atoms with Crippen LogP contribution < -0.4 is 0 Å². The van der Waals surface area contributed by atoms with Gasteiger partial charge in [-0.2, -0.15) is 0 Å². The fourth-order valence-corrected chi connectivity index (χ4v) is 2.37. The zero-order valence-electron chi connectivity index (χ0n) is 9.34. The van der Waals surface area contributed by atoms with Crippen molar-refractivity contribution in [2.45, 2.75) is 19.8 Å². The average Bonchev–Trinajstić information content (AvgIpc) is 2.28. The monoisotopic (exact) mass is 267 g/mol. The third-order valence-electron chi connectivity index (χ3n) is 2.60. The predicted octanol–water partition coefficient (Wildman–Crippen LogP) is 4.06. The molecular formula is C13H11Cl2NO. The van der Waals surface area contributed by atoms with Gasteiger partial charge in [0, 0.05) is 17.4 Å². The quantitative estimate of drug-likeness (QED) is 0.785. The van der Waals surface area contributed by atoms with Crippen LogP contribution in [0.4, 0.5) is 0 Å². The Hall–Kier alpha value is -1.12. The second-order valence-corrected chi connectivity index (χ2v) is 4.65. The topological polar surface area (TPSA) is 30.0 Å². The van der Waals surface area contributed by atoms with E-state index in [9.17, 15) is 4.79 Å². The van der Waals surface area contributed by atoms with Gasteiger partial charge in [-0.3, -0.25) is 0 Å². The fourth-order valence-electron chi connectivity index (χ4n) is 1.70. The molecule has 4 heteroatoms. The van der Waals surface area contributed by atoms with Crippen LogP contribution in [0.15, 0.2) is 24.3 Å². The Morgan fingerprint density at radius 2 is 2.00 bits per heavy atom. The van der Waals surface area contributed by atoms with Crippen LogP contribution >= 0.6 is 23.2 Å². The van der Waals surface area contributed by atoms with Crippen LogP contribution in [0.3, 0.4) is 0 Å². The number of hydrogen-bond acceptors (Lipinski definition) is 2. The summed E-state index contributed by atoms with van der Waals surface area (Å²) in [5.74, 6) is 0.116. The van der Waals surface area contributed by atoms with Crippen LogP contribution in [0.25, 0.3) is 10.9 Å². The number of hydrogen-bond donors (Lipinski definition) is 0. The highest BCUT2D eigenvalue weighted by Gasteiger charge is 2.12.